The third-order valence-electron chi connectivity index (χ3n) is 2.51. The number of carbonyl (C=O) groups is 1. The predicted molar refractivity (Wildman–Crippen MR) is 75.4 cm³/mol. The first kappa shape index (κ1) is 13.5. The molecule has 0 saturated heterocycles. The molecule has 2 rings (SSSR count). The van der Waals surface area contributed by atoms with E-state index in [1.807, 2.05) is 6.92 Å². The van der Waals surface area contributed by atoms with Crippen molar-refractivity contribution in [1.29, 1.82) is 0 Å². The number of hydrogen-bond acceptors (Lipinski definition) is 3. The van der Waals surface area contributed by atoms with Gasteiger partial charge in [0.2, 0.25) is 0 Å². The molecule has 0 atom stereocenters. The Balaban J connectivity index is 2.25. The highest BCUT2D eigenvalue weighted by molar-refractivity contribution is 9.10. The number of aryl methyl sites for hydroxylation is 1. The van der Waals surface area contributed by atoms with Crippen LogP contribution in [0.2, 0.25) is 0 Å². The fraction of sp³-hybridized carbons (Fsp3) is 0.0769. The summed E-state index contributed by atoms with van der Waals surface area (Å²) in [5.74, 6) is -1.18. The van der Waals surface area contributed by atoms with E-state index in [-0.39, 0.29) is 5.56 Å². The van der Waals surface area contributed by atoms with Gasteiger partial charge in [-0.3, -0.25) is 4.79 Å². The maximum atomic E-state index is 13.5. The van der Waals surface area contributed by atoms with E-state index >= 15 is 0 Å². The Kier molecular flexibility index (Phi) is 3.80. The maximum Gasteiger partial charge on any atom is 0.258 e. The van der Waals surface area contributed by atoms with Crippen molar-refractivity contribution in [3.63, 3.8) is 0 Å². The molecule has 0 unspecified atom stereocenters. The molecule has 3 N–H and O–H groups in total. The zero-order valence-corrected chi connectivity index (χ0v) is 11.7. The minimum Gasteiger partial charge on any atom is -0.399 e. The van der Waals surface area contributed by atoms with E-state index in [0.717, 1.165) is 11.6 Å². The van der Waals surface area contributed by atoms with Crippen molar-refractivity contribution in [3.05, 3.63) is 52.0 Å². The molecule has 0 fully saturated rings. The van der Waals surface area contributed by atoms with Gasteiger partial charge in [-0.05, 0) is 52.7 Å². The van der Waals surface area contributed by atoms with Gasteiger partial charge >= 0.3 is 0 Å². The SMILES string of the molecule is Cc1cc(NC(=O)c2cc(N)ccc2F)cnc1Br. The molecule has 1 heterocycles. The van der Waals surface area contributed by atoms with E-state index in [9.17, 15) is 9.18 Å². The van der Waals surface area contributed by atoms with Crippen molar-refractivity contribution in [1.82, 2.24) is 4.98 Å². The van der Waals surface area contributed by atoms with Crippen LogP contribution in [0.25, 0.3) is 0 Å². The summed E-state index contributed by atoms with van der Waals surface area (Å²) in [6, 6.07) is 5.59. The summed E-state index contributed by atoms with van der Waals surface area (Å²) >= 11 is 3.26. The molecule has 0 aliphatic rings. The molecule has 1 aromatic carbocycles. The van der Waals surface area contributed by atoms with Crippen LogP contribution in [-0.4, -0.2) is 10.9 Å². The van der Waals surface area contributed by atoms with Gasteiger partial charge in [-0.15, -0.1) is 0 Å². The molecule has 0 aliphatic carbocycles. The molecule has 0 aliphatic heterocycles. The standard InChI is InChI=1S/C13H11BrFN3O/c1-7-4-9(6-17-12(7)14)18-13(19)10-5-8(16)2-3-11(10)15/h2-6H,16H2,1H3,(H,18,19). The first-order valence-corrected chi connectivity index (χ1v) is 6.25. The summed E-state index contributed by atoms with van der Waals surface area (Å²) in [6.07, 6.45) is 1.49. The van der Waals surface area contributed by atoms with Gasteiger partial charge in [0, 0.05) is 5.69 Å². The molecule has 4 nitrogen and oxygen atoms in total. The summed E-state index contributed by atoms with van der Waals surface area (Å²) in [5, 5.41) is 2.58. The third-order valence-corrected chi connectivity index (χ3v) is 3.34. The van der Waals surface area contributed by atoms with E-state index in [0.29, 0.717) is 16.0 Å². The number of nitrogens with one attached hydrogen (secondary N) is 1. The second-order valence-corrected chi connectivity index (χ2v) is 4.78. The molecule has 1 amide bonds. The van der Waals surface area contributed by atoms with Gasteiger partial charge in [-0.25, -0.2) is 9.37 Å². The third kappa shape index (κ3) is 3.08. The van der Waals surface area contributed by atoms with E-state index in [1.54, 1.807) is 6.07 Å². The fourth-order valence-electron chi connectivity index (χ4n) is 1.54. The van der Waals surface area contributed by atoms with Crippen molar-refractivity contribution < 1.29 is 9.18 Å². The van der Waals surface area contributed by atoms with Crippen LogP contribution >= 0.6 is 15.9 Å². The quantitative estimate of drug-likeness (QED) is 0.659. The van der Waals surface area contributed by atoms with Crippen LogP contribution in [0.3, 0.4) is 0 Å². The maximum absolute atomic E-state index is 13.5. The largest absolute Gasteiger partial charge is 0.399 e. The van der Waals surface area contributed by atoms with Crippen molar-refractivity contribution in [2.75, 3.05) is 11.1 Å². The Morgan fingerprint density at radius 1 is 1.42 bits per heavy atom. The van der Waals surface area contributed by atoms with Crippen LogP contribution in [0.4, 0.5) is 15.8 Å². The molecule has 6 heteroatoms. The van der Waals surface area contributed by atoms with Crippen molar-refractivity contribution in [3.8, 4) is 0 Å². The van der Waals surface area contributed by atoms with Gasteiger partial charge in [-0.2, -0.15) is 0 Å². The number of pyridine rings is 1. The molecule has 98 valence electrons. The first-order chi connectivity index (χ1) is 8.97. The van der Waals surface area contributed by atoms with Crippen molar-refractivity contribution in [2.24, 2.45) is 0 Å². The number of aromatic nitrogens is 1. The number of carbonyl (C=O) groups excluding carboxylic acids is 1. The predicted octanol–water partition coefficient (Wildman–Crippen LogP) is 3.13. The molecule has 2 aromatic rings. The lowest BCUT2D eigenvalue weighted by Gasteiger charge is -2.07. The Hall–Kier alpha value is -1.95. The normalized spacial score (nSPS) is 10.3. The average Bonchev–Trinajstić information content (AvgIpc) is 2.36. The molecule has 1 aromatic heterocycles. The van der Waals surface area contributed by atoms with Crippen LogP contribution in [0, 0.1) is 12.7 Å². The van der Waals surface area contributed by atoms with Gasteiger partial charge in [0.25, 0.3) is 5.91 Å². The molecule has 0 saturated carbocycles. The zero-order chi connectivity index (χ0) is 14.0. The molecular weight excluding hydrogens is 313 g/mol. The van der Waals surface area contributed by atoms with Crippen LogP contribution in [0.15, 0.2) is 35.1 Å². The first-order valence-electron chi connectivity index (χ1n) is 5.46. The number of rotatable bonds is 2. The number of nitrogen functional groups attached to an aromatic ring is 1. The summed E-state index contributed by atoms with van der Waals surface area (Å²) in [6.45, 7) is 1.84. The van der Waals surface area contributed by atoms with Gasteiger partial charge < -0.3 is 11.1 Å². The summed E-state index contributed by atoms with van der Waals surface area (Å²) in [7, 11) is 0. The van der Waals surface area contributed by atoms with Gasteiger partial charge in [-0.1, -0.05) is 0 Å². The number of anilines is 2. The smallest absolute Gasteiger partial charge is 0.258 e. The van der Waals surface area contributed by atoms with Crippen LogP contribution in [0.1, 0.15) is 15.9 Å². The highest BCUT2D eigenvalue weighted by atomic mass is 79.9. The minimum atomic E-state index is -0.617. The second kappa shape index (κ2) is 5.36. The lowest BCUT2D eigenvalue weighted by Crippen LogP contribution is -2.14. The van der Waals surface area contributed by atoms with Gasteiger partial charge in [0.05, 0.1) is 17.4 Å². The van der Waals surface area contributed by atoms with E-state index in [2.05, 4.69) is 26.2 Å². The Labute approximate surface area is 118 Å². The number of benzene rings is 1. The topological polar surface area (TPSA) is 68.0 Å². The van der Waals surface area contributed by atoms with Crippen molar-refractivity contribution in [2.45, 2.75) is 6.92 Å². The van der Waals surface area contributed by atoms with Crippen LogP contribution in [0.5, 0.6) is 0 Å². The Morgan fingerprint density at radius 2 is 2.16 bits per heavy atom. The zero-order valence-electron chi connectivity index (χ0n) is 10.1. The number of nitrogens with zero attached hydrogens (tertiary/aromatic N) is 1. The monoisotopic (exact) mass is 323 g/mol. The summed E-state index contributed by atoms with van der Waals surface area (Å²) < 4.78 is 14.2. The average molecular weight is 324 g/mol. The molecule has 19 heavy (non-hydrogen) atoms. The molecule has 0 spiro atoms. The van der Waals surface area contributed by atoms with E-state index in [1.165, 1.54) is 18.3 Å². The summed E-state index contributed by atoms with van der Waals surface area (Å²) in [4.78, 5) is 16.0. The fourth-order valence-corrected chi connectivity index (χ4v) is 1.76. The van der Waals surface area contributed by atoms with E-state index in [4.69, 9.17) is 5.73 Å². The number of halogens is 2. The van der Waals surface area contributed by atoms with Crippen molar-refractivity contribution >= 4 is 33.2 Å². The minimum absolute atomic E-state index is 0.0967. The highest BCUT2D eigenvalue weighted by Gasteiger charge is 2.12. The molecule has 0 bridgehead atoms. The Bertz CT molecular complexity index is 646. The summed E-state index contributed by atoms with van der Waals surface area (Å²) in [5.41, 5.74) is 7.13. The number of nitrogens with two attached hydrogens (primary N) is 1. The number of hydrogen-bond donors (Lipinski definition) is 2. The molecule has 0 radical (unpaired) electrons. The number of amides is 1. The second-order valence-electron chi connectivity index (χ2n) is 4.03. The highest BCUT2D eigenvalue weighted by Crippen LogP contribution is 2.18. The van der Waals surface area contributed by atoms with E-state index < -0.39 is 11.7 Å². The van der Waals surface area contributed by atoms with Crippen LogP contribution < -0.4 is 11.1 Å². The van der Waals surface area contributed by atoms with Gasteiger partial charge in [0.15, 0.2) is 0 Å². The van der Waals surface area contributed by atoms with Crippen LogP contribution in [-0.2, 0) is 0 Å². The Morgan fingerprint density at radius 3 is 2.84 bits per heavy atom. The van der Waals surface area contributed by atoms with Gasteiger partial charge in [0.1, 0.15) is 10.4 Å². The lowest BCUT2D eigenvalue weighted by atomic mass is 10.1. The lowest BCUT2D eigenvalue weighted by molar-refractivity contribution is 0.102. The molecular formula is C13H11BrFN3O.